The number of rotatable bonds is 5. The first-order valence-corrected chi connectivity index (χ1v) is 9.27. The molecular weight excluding hydrogens is 350 g/mol. The number of nitrogens with one attached hydrogen (secondary N) is 1. The molecule has 1 aromatic carbocycles. The van der Waals surface area contributed by atoms with Gasteiger partial charge in [-0.3, -0.25) is 4.79 Å². The average molecular weight is 376 g/mol. The van der Waals surface area contributed by atoms with Crippen molar-refractivity contribution >= 4 is 28.3 Å². The second-order valence-corrected chi connectivity index (χ2v) is 8.51. The van der Waals surface area contributed by atoms with Crippen LogP contribution in [-0.4, -0.2) is 44.9 Å². The van der Waals surface area contributed by atoms with E-state index in [-0.39, 0.29) is 34.7 Å². The van der Waals surface area contributed by atoms with Gasteiger partial charge in [0.1, 0.15) is 0 Å². The Kier molecular flexibility index (Phi) is 6.81. The Labute approximate surface area is 150 Å². The Morgan fingerprint density at radius 2 is 2.08 bits per heavy atom. The second kappa shape index (κ2) is 7.82. The lowest BCUT2D eigenvalue weighted by Gasteiger charge is -2.22. The second-order valence-electron chi connectivity index (χ2n) is 6.80. The van der Waals surface area contributed by atoms with Gasteiger partial charge < -0.3 is 10.6 Å². The van der Waals surface area contributed by atoms with Gasteiger partial charge in [-0.1, -0.05) is 13.0 Å². The first-order chi connectivity index (χ1) is 10.7. The molecule has 8 heteroatoms. The molecule has 3 N–H and O–H groups in total. The summed E-state index contributed by atoms with van der Waals surface area (Å²) in [4.78, 5) is 14.5. The third-order valence-corrected chi connectivity index (χ3v) is 5.78. The van der Waals surface area contributed by atoms with Crippen LogP contribution in [0.25, 0.3) is 0 Å². The van der Waals surface area contributed by atoms with Crippen LogP contribution in [0.15, 0.2) is 29.2 Å². The lowest BCUT2D eigenvalue weighted by Crippen LogP contribution is -2.34. The molecule has 1 amide bonds. The zero-order valence-corrected chi connectivity index (χ0v) is 15.9. The standard InChI is InChI=1S/C16H25N3O3S.ClH/c1-12(2)18-23(21,22)14-6-4-5-13(9-14)15(20)19-8-7-16(3,10-17)11-19;/h4-6,9,12,18H,7-8,10-11,17H2,1-3H3;1H. The molecule has 0 aromatic heterocycles. The van der Waals surface area contributed by atoms with E-state index in [0.29, 0.717) is 25.2 Å². The van der Waals surface area contributed by atoms with Crippen LogP contribution >= 0.6 is 12.4 Å². The van der Waals surface area contributed by atoms with Crippen LogP contribution in [0.1, 0.15) is 37.6 Å². The van der Waals surface area contributed by atoms with Crippen LogP contribution < -0.4 is 10.5 Å². The minimum atomic E-state index is -3.61. The SMILES string of the molecule is CC(C)NS(=O)(=O)c1cccc(C(=O)N2CCC(C)(CN)C2)c1.Cl. The minimum absolute atomic E-state index is 0. The van der Waals surface area contributed by atoms with Gasteiger partial charge in [-0.05, 0) is 50.4 Å². The predicted octanol–water partition coefficient (Wildman–Crippen LogP) is 1.61. The molecule has 0 saturated carbocycles. The van der Waals surface area contributed by atoms with Crippen molar-refractivity contribution in [1.82, 2.24) is 9.62 Å². The van der Waals surface area contributed by atoms with E-state index in [0.717, 1.165) is 6.42 Å². The molecule has 0 spiro atoms. The third kappa shape index (κ3) is 4.69. The third-order valence-electron chi connectivity index (χ3n) is 4.12. The van der Waals surface area contributed by atoms with Gasteiger partial charge in [0.05, 0.1) is 4.90 Å². The number of halogens is 1. The summed E-state index contributed by atoms with van der Waals surface area (Å²) in [6.07, 6.45) is 0.863. The van der Waals surface area contributed by atoms with E-state index in [2.05, 4.69) is 11.6 Å². The Hall–Kier alpha value is -1.15. The zero-order chi connectivity index (χ0) is 17.3. The normalized spacial score (nSPS) is 21.0. The Balaban J connectivity index is 0.00000288. The predicted molar refractivity (Wildman–Crippen MR) is 96.8 cm³/mol. The largest absolute Gasteiger partial charge is 0.338 e. The number of carbonyl (C=O) groups is 1. The van der Waals surface area contributed by atoms with E-state index in [9.17, 15) is 13.2 Å². The van der Waals surface area contributed by atoms with E-state index < -0.39 is 10.0 Å². The van der Waals surface area contributed by atoms with Crippen LogP contribution in [-0.2, 0) is 10.0 Å². The summed E-state index contributed by atoms with van der Waals surface area (Å²) >= 11 is 0. The first kappa shape index (κ1) is 20.9. The van der Waals surface area contributed by atoms with Gasteiger partial charge in [-0.15, -0.1) is 12.4 Å². The highest BCUT2D eigenvalue weighted by atomic mass is 35.5. The molecule has 0 radical (unpaired) electrons. The molecule has 1 unspecified atom stereocenters. The summed E-state index contributed by atoms with van der Waals surface area (Å²) in [5.74, 6) is -0.149. The smallest absolute Gasteiger partial charge is 0.253 e. The van der Waals surface area contributed by atoms with E-state index in [1.807, 2.05) is 0 Å². The lowest BCUT2D eigenvalue weighted by molar-refractivity contribution is 0.0776. The fraction of sp³-hybridized carbons (Fsp3) is 0.562. The highest BCUT2D eigenvalue weighted by Crippen LogP contribution is 2.29. The van der Waals surface area contributed by atoms with E-state index in [1.165, 1.54) is 12.1 Å². The van der Waals surface area contributed by atoms with Crippen LogP contribution in [0.2, 0.25) is 0 Å². The molecular formula is C16H26ClN3O3S. The number of likely N-dealkylation sites (tertiary alicyclic amines) is 1. The summed E-state index contributed by atoms with van der Waals surface area (Å²) < 4.78 is 27.0. The molecule has 2 rings (SSSR count). The van der Waals surface area contributed by atoms with E-state index >= 15 is 0 Å². The number of hydrogen-bond acceptors (Lipinski definition) is 4. The summed E-state index contributed by atoms with van der Waals surface area (Å²) in [7, 11) is -3.61. The van der Waals surface area contributed by atoms with Crippen molar-refractivity contribution in [1.29, 1.82) is 0 Å². The van der Waals surface area contributed by atoms with Crippen LogP contribution in [0, 0.1) is 5.41 Å². The number of nitrogens with two attached hydrogens (primary N) is 1. The molecule has 1 fully saturated rings. The molecule has 24 heavy (non-hydrogen) atoms. The fourth-order valence-corrected chi connectivity index (χ4v) is 4.02. The molecule has 1 aliphatic heterocycles. The van der Waals surface area contributed by atoms with Crippen molar-refractivity contribution in [3.63, 3.8) is 0 Å². The van der Waals surface area contributed by atoms with E-state index in [4.69, 9.17) is 5.73 Å². The molecule has 0 aliphatic carbocycles. The van der Waals surface area contributed by atoms with Crippen molar-refractivity contribution < 1.29 is 13.2 Å². The van der Waals surface area contributed by atoms with Crippen molar-refractivity contribution in [2.45, 2.75) is 38.1 Å². The number of hydrogen-bond donors (Lipinski definition) is 2. The molecule has 1 saturated heterocycles. The molecule has 1 aromatic rings. The van der Waals surface area contributed by atoms with Crippen LogP contribution in [0.4, 0.5) is 0 Å². The van der Waals surface area contributed by atoms with E-state index in [1.54, 1.807) is 30.9 Å². The zero-order valence-electron chi connectivity index (χ0n) is 14.3. The maximum atomic E-state index is 12.6. The molecule has 0 bridgehead atoms. The highest BCUT2D eigenvalue weighted by molar-refractivity contribution is 7.89. The average Bonchev–Trinajstić information content (AvgIpc) is 2.89. The van der Waals surface area contributed by atoms with Crippen molar-refractivity contribution in [3.05, 3.63) is 29.8 Å². The molecule has 1 heterocycles. The Morgan fingerprint density at radius 3 is 2.62 bits per heavy atom. The summed E-state index contributed by atoms with van der Waals surface area (Å²) in [5.41, 5.74) is 6.10. The number of nitrogens with zero attached hydrogens (tertiary/aromatic N) is 1. The van der Waals surface area contributed by atoms with Crippen molar-refractivity contribution in [3.8, 4) is 0 Å². The van der Waals surface area contributed by atoms with Crippen LogP contribution in [0.3, 0.4) is 0 Å². The number of amides is 1. The van der Waals surface area contributed by atoms with Gasteiger partial charge in [0, 0.05) is 24.7 Å². The number of sulfonamides is 1. The van der Waals surface area contributed by atoms with Gasteiger partial charge in [0.25, 0.3) is 5.91 Å². The molecule has 136 valence electrons. The van der Waals surface area contributed by atoms with Gasteiger partial charge in [-0.25, -0.2) is 13.1 Å². The fourth-order valence-electron chi connectivity index (χ4n) is 2.72. The Morgan fingerprint density at radius 1 is 1.42 bits per heavy atom. The van der Waals surface area contributed by atoms with Gasteiger partial charge in [0.15, 0.2) is 0 Å². The van der Waals surface area contributed by atoms with Crippen molar-refractivity contribution in [2.24, 2.45) is 11.1 Å². The summed E-state index contributed by atoms with van der Waals surface area (Å²) in [5, 5.41) is 0. The molecule has 1 atom stereocenters. The van der Waals surface area contributed by atoms with Crippen molar-refractivity contribution in [2.75, 3.05) is 19.6 Å². The summed E-state index contributed by atoms with van der Waals surface area (Å²) in [6.45, 7) is 7.35. The molecule has 6 nitrogen and oxygen atoms in total. The quantitative estimate of drug-likeness (QED) is 0.817. The Bertz CT molecular complexity index is 694. The molecule has 1 aliphatic rings. The first-order valence-electron chi connectivity index (χ1n) is 7.79. The van der Waals surface area contributed by atoms with Gasteiger partial charge in [0.2, 0.25) is 10.0 Å². The van der Waals surface area contributed by atoms with Gasteiger partial charge in [-0.2, -0.15) is 0 Å². The van der Waals surface area contributed by atoms with Crippen LogP contribution in [0.5, 0.6) is 0 Å². The summed E-state index contributed by atoms with van der Waals surface area (Å²) in [6, 6.07) is 5.97. The number of carbonyl (C=O) groups excluding carboxylic acids is 1. The maximum absolute atomic E-state index is 12.6. The topological polar surface area (TPSA) is 92.5 Å². The highest BCUT2D eigenvalue weighted by Gasteiger charge is 2.35. The monoisotopic (exact) mass is 375 g/mol. The lowest BCUT2D eigenvalue weighted by atomic mass is 9.90. The van der Waals surface area contributed by atoms with Gasteiger partial charge >= 0.3 is 0 Å². The minimum Gasteiger partial charge on any atom is -0.338 e. The maximum Gasteiger partial charge on any atom is 0.253 e. The number of benzene rings is 1.